The maximum atomic E-state index is 14.1. The highest BCUT2D eigenvalue weighted by Crippen LogP contribution is 2.29. The molecular weight excluding hydrogens is 351 g/mol. The molecule has 26 heavy (non-hydrogen) atoms. The molecule has 2 aromatic heterocycles. The lowest BCUT2D eigenvalue weighted by Gasteiger charge is -2.13. The molecule has 4 rings (SSSR count). The second-order valence-electron chi connectivity index (χ2n) is 6.66. The molecule has 1 fully saturated rings. The molecule has 4 nitrogen and oxygen atoms in total. The molecule has 1 amide bonds. The third-order valence-corrected chi connectivity index (χ3v) is 5.73. The third-order valence-electron chi connectivity index (χ3n) is 4.75. The number of aryl methyl sites for hydroxylation is 1. The number of carbonyl (C=O) groups is 1. The van der Waals surface area contributed by atoms with Gasteiger partial charge >= 0.3 is 0 Å². The van der Waals surface area contributed by atoms with Gasteiger partial charge in [0.2, 0.25) is 0 Å². The van der Waals surface area contributed by atoms with Gasteiger partial charge in [-0.3, -0.25) is 4.79 Å². The van der Waals surface area contributed by atoms with Crippen LogP contribution in [0.3, 0.4) is 0 Å². The molecule has 1 aromatic carbocycles. The van der Waals surface area contributed by atoms with E-state index in [-0.39, 0.29) is 17.8 Å². The highest BCUT2D eigenvalue weighted by Gasteiger charge is 2.21. The van der Waals surface area contributed by atoms with Crippen LogP contribution in [0.25, 0.3) is 10.2 Å². The fourth-order valence-corrected chi connectivity index (χ4v) is 4.38. The van der Waals surface area contributed by atoms with E-state index in [9.17, 15) is 9.18 Å². The van der Waals surface area contributed by atoms with E-state index in [1.807, 2.05) is 23.6 Å². The van der Waals surface area contributed by atoms with E-state index in [1.165, 1.54) is 10.9 Å². The Kier molecular flexibility index (Phi) is 4.78. The van der Waals surface area contributed by atoms with Crippen LogP contribution in [-0.2, 0) is 11.3 Å². The lowest BCUT2D eigenvalue weighted by Crippen LogP contribution is -2.33. The first-order chi connectivity index (χ1) is 12.6. The number of hydrogen-bond acceptors (Lipinski definition) is 3. The Bertz CT molecular complexity index is 941. The van der Waals surface area contributed by atoms with Crippen LogP contribution < -0.4 is 5.32 Å². The van der Waals surface area contributed by atoms with Gasteiger partial charge in [0.25, 0.3) is 5.91 Å². The molecule has 3 aromatic rings. The van der Waals surface area contributed by atoms with Crippen LogP contribution >= 0.6 is 11.3 Å². The van der Waals surface area contributed by atoms with E-state index in [1.54, 1.807) is 23.5 Å². The molecule has 1 aliphatic heterocycles. The number of aromatic nitrogens is 1. The van der Waals surface area contributed by atoms with Crippen LogP contribution in [0.1, 0.15) is 33.8 Å². The predicted octanol–water partition coefficient (Wildman–Crippen LogP) is 4.11. The van der Waals surface area contributed by atoms with Crippen LogP contribution in [-0.4, -0.2) is 29.7 Å². The molecule has 0 bridgehead atoms. The number of thiophene rings is 1. The maximum absolute atomic E-state index is 14.1. The summed E-state index contributed by atoms with van der Waals surface area (Å²) in [6.07, 6.45) is 2.11. The summed E-state index contributed by atoms with van der Waals surface area (Å²) in [4.78, 5) is 13.9. The van der Waals surface area contributed by atoms with E-state index in [0.717, 1.165) is 29.7 Å². The second-order valence-corrected chi connectivity index (χ2v) is 7.95. The van der Waals surface area contributed by atoms with Gasteiger partial charge in [-0.15, -0.1) is 11.3 Å². The molecule has 0 aliphatic carbocycles. The third kappa shape index (κ3) is 3.39. The monoisotopic (exact) mass is 372 g/mol. The standard InChI is InChI=1S/C20H21FN2O2S/c1-13-9-17-19(26-13)10-18(20(24)22-11-15-6-4-8-25-15)23(17)12-14-5-2-3-7-16(14)21/h2-3,5,7,9-10,15H,4,6,8,11-12H2,1H3,(H,22,24)/t15-/m1/s1. The number of ether oxygens (including phenoxy) is 1. The number of hydrogen-bond donors (Lipinski definition) is 1. The Hall–Kier alpha value is -2.18. The molecule has 6 heteroatoms. The van der Waals surface area contributed by atoms with Gasteiger partial charge < -0.3 is 14.6 Å². The number of nitrogens with one attached hydrogen (secondary N) is 1. The van der Waals surface area contributed by atoms with Crippen molar-refractivity contribution in [1.29, 1.82) is 0 Å². The topological polar surface area (TPSA) is 43.3 Å². The van der Waals surface area contributed by atoms with Crippen molar-refractivity contribution >= 4 is 27.5 Å². The molecule has 1 saturated heterocycles. The number of rotatable bonds is 5. The number of nitrogens with zero attached hydrogens (tertiary/aromatic N) is 1. The van der Waals surface area contributed by atoms with Gasteiger partial charge in [0, 0.05) is 23.6 Å². The van der Waals surface area contributed by atoms with Crippen LogP contribution in [0.5, 0.6) is 0 Å². The fourth-order valence-electron chi connectivity index (χ4n) is 3.42. The van der Waals surface area contributed by atoms with E-state index in [4.69, 9.17) is 4.74 Å². The van der Waals surface area contributed by atoms with Crippen LogP contribution in [0.2, 0.25) is 0 Å². The minimum absolute atomic E-state index is 0.0947. The molecule has 0 radical (unpaired) electrons. The first-order valence-electron chi connectivity index (χ1n) is 8.84. The Morgan fingerprint density at radius 3 is 3.00 bits per heavy atom. The second kappa shape index (κ2) is 7.21. The average Bonchev–Trinajstić information content (AvgIpc) is 3.32. The number of carbonyl (C=O) groups excluding carboxylic acids is 1. The molecule has 3 heterocycles. The van der Waals surface area contributed by atoms with E-state index >= 15 is 0 Å². The van der Waals surface area contributed by atoms with Gasteiger partial charge in [-0.25, -0.2) is 4.39 Å². The lowest BCUT2D eigenvalue weighted by atomic mass is 10.2. The zero-order chi connectivity index (χ0) is 18.1. The summed E-state index contributed by atoms with van der Waals surface area (Å²) in [6, 6.07) is 10.7. The van der Waals surface area contributed by atoms with Crippen LogP contribution in [0.4, 0.5) is 4.39 Å². The number of halogens is 1. The van der Waals surface area contributed by atoms with E-state index in [0.29, 0.717) is 24.3 Å². The summed E-state index contributed by atoms with van der Waals surface area (Å²) >= 11 is 1.64. The van der Waals surface area contributed by atoms with E-state index in [2.05, 4.69) is 11.4 Å². The minimum Gasteiger partial charge on any atom is -0.376 e. The van der Waals surface area contributed by atoms with Gasteiger partial charge in [0.15, 0.2) is 0 Å². The van der Waals surface area contributed by atoms with Gasteiger partial charge in [-0.1, -0.05) is 18.2 Å². The number of amides is 1. The normalized spacial score (nSPS) is 17.1. The SMILES string of the molecule is Cc1cc2c(cc(C(=O)NC[C@H]3CCCO3)n2Cc2ccccc2F)s1. The largest absolute Gasteiger partial charge is 0.376 e. The van der Waals surface area contributed by atoms with Crippen molar-refractivity contribution in [1.82, 2.24) is 9.88 Å². The van der Waals surface area contributed by atoms with Crippen molar-refractivity contribution in [2.45, 2.75) is 32.4 Å². The summed E-state index contributed by atoms with van der Waals surface area (Å²) in [6.45, 7) is 3.64. The Labute approximate surface area is 155 Å². The highest BCUT2D eigenvalue weighted by molar-refractivity contribution is 7.19. The van der Waals surface area contributed by atoms with Crippen LogP contribution in [0.15, 0.2) is 36.4 Å². The van der Waals surface area contributed by atoms with Crippen molar-refractivity contribution in [2.24, 2.45) is 0 Å². The number of benzene rings is 1. The summed E-state index contributed by atoms with van der Waals surface area (Å²) < 4.78 is 22.7. The number of fused-ring (bicyclic) bond motifs is 1. The van der Waals surface area contributed by atoms with Crippen molar-refractivity contribution in [2.75, 3.05) is 13.2 Å². The summed E-state index contributed by atoms with van der Waals surface area (Å²) in [7, 11) is 0. The Morgan fingerprint density at radius 1 is 1.38 bits per heavy atom. The van der Waals surface area contributed by atoms with Gasteiger partial charge in [0.05, 0.1) is 22.9 Å². The summed E-state index contributed by atoms with van der Waals surface area (Å²) in [5.74, 6) is -0.398. The molecule has 0 unspecified atom stereocenters. The fraction of sp³-hybridized carbons (Fsp3) is 0.350. The van der Waals surface area contributed by atoms with Gasteiger partial charge in [-0.2, -0.15) is 0 Å². The van der Waals surface area contributed by atoms with Crippen molar-refractivity contribution in [3.05, 3.63) is 58.3 Å². The zero-order valence-electron chi connectivity index (χ0n) is 14.6. The highest BCUT2D eigenvalue weighted by atomic mass is 32.1. The quantitative estimate of drug-likeness (QED) is 0.732. The smallest absolute Gasteiger partial charge is 0.268 e. The predicted molar refractivity (Wildman–Crippen MR) is 101 cm³/mol. The molecule has 1 atom stereocenters. The molecule has 136 valence electrons. The Balaban J connectivity index is 1.64. The summed E-state index contributed by atoms with van der Waals surface area (Å²) in [5, 5.41) is 2.97. The van der Waals surface area contributed by atoms with E-state index < -0.39 is 0 Å². The average molecular weight is 372 g/mol. The van der Waals surface area contributed by atoms with Crippen molar-refractivity contribution < 1.29 is 13.9 Å². The van der Waals surface area contributed by atoms with Crippen LogP contribution in [0, 0.1) is 12.7 Å². The van der Waals surface area contributed by atoms with Crippen molar-refractivity contribution in [3.8, 4) is 0 Å². The zero-order valence-corrected chi connectivity index (χ0v) is 15.4. The molecule has 0 saturated carbocycles. The van der Waals surface area contributed by atoms with Gasteiger partial charge in [0.1, 0.15) is 11.5 Å². The minimum atomic E-state index is -0.257. The Morgan fingerprint density at radius 2 is 2.23 bits per heavy atom. The first-order valence-corrected chi connectivity index (χ1v) is 9.66. The first kappa shape index (κ1) is 17.2. The lowest BCUT2D eigenvalue weighted by molar-refractivity contribution is 0.0851. The molecule has 0 spiro atoms. The van der Waals surface area contributed by atoms with Gasteiger partial charge in [-0.05, 0) is 38.0 Å². The molecule has 1 aliphatic rings. The molecular formula is C20H21FN2O2S. The van der Waals surface area contributed by atoms with Crippen molar-refractivity contribution in [3.63, 3.8) is 0 Å². The maximum Gasteiger partial charge on any atom is 0.268 e. The molecule has 1 N–H and O–H groups in total. The summed E-state index contributed by atoms with van der Waals surface area (Å²) in [5.41, 5.74) is 2.10.